The Morgan fingerprint density at radius 1 is 1.39 bits per heavy atom. The van der Waals surface area contributed by atoms with Gasteiger partial charge in [-0.15, -0.1) is 0 Å². The Morgan fingerprint density at radius 3 is 2.61 bits per heavy atom. The van der Waals surface area contributed by atoms with Gasteiger partial charge in [-0.1, -0.05) is 12.1 Å². The van der Waals surface area contributed by atoms with Crippen LogP contribution < -0.4 is 0 Å². The SMILES string of the molecule is CC1CCCN1C(=O)c1ccccc1S(=O)(=O)Cl. The third kappa shape index (κ3) is 2.52. The van der Waals surface area contributed by atoms with Gasteiger partial charge in [0, 0.05) is 23.3 Å². The minimum atomic E-state index is -3.90. The van der Waals surface area contributed by atoms with E-state index in [-0.39, 0.29) is 22.4 Å². The summed E-state index contributed by atoms with van der Waals surface area (Å²) in [4.78, 5) is 13.9. The predicted octanol–water partition coefficient (Wildman–Crippen LogP) is 2.24. The van der Waals surface area contributed by atoms with Gasteiger partial charge in [0.05, 0.1) is 10.5 Å². The summed E-state index contributed by atoms with van der Waals surface area (Å²) in [6, 6.07) is 6.20. The number of hydrogen-bond acceptors (Lipinski definition) is 3. The van der Waals surface area contributed by atoms with Crippen LogP contribution >= 0.6 is 10.7 Å². The maximum Gasteiger partial charge on any atom is 0.262 e. The van der Waals surface area contributed by atoms with Crippen molar-refractivity contribution >= 4 is 25.6 Å². The largest absolute Gasteiger partial charge is 0.336 e. The number of halogens is 1. The van der Waals surface area contributed by atoms with E-state index in [1.54, 1.807) is 17.0 Å². The van der Waals surface area contributed by atoms with Crippen LogP contribution in [0.15, 0.2) is 29.2 Å². The first-order valence-corrected chi connectivity index (χ1v) is 8.07. The Kier molecular flexibility index (Phi) is 3.64. The lowest BCUT2D eigenvalue weighted by atomic mass is 10.2. The van der Waals surface area contributed by atoms with E-state index in [1.165, 1.54) is 12.1 Å². The lowest BCUT2D eigenvalue weighted by Crippen LogP contribution is -2.34. The monoisotopic (exact) mass is 287 g/mol. The number of carbonyl (C=O) groups excluding carboxylic acids is 1. The minimum Gasteiger partial charge on any atom is -0.336 e. The smallest absolute Gasteiger partial charge is 0.262 e. The molecule has 0 spiro atoms. The van der Waals surface area contributed by atoms with Crippen LogP contribution in [0.1, 0.15) is 30.1 Å². The summed E-state index contributed by atoms with van der Waals surface area (Å²) >= 11 is 0. The van der Waals surface area contributed by atoms with Crippen LogP contribution in [0.2, 0.25) is 0 Å². The van der Waals surface area contributed by atoms with Crippen molar-refractivity contribution in [1.82, 2.24) is 4.90 Å². The van der Waals surface area contributed by atoms with Crippen LogP contribution in [-0.2, 0) is 9.05 Å². The molecular weight excluding hydrogens is 274 g/mol. The molecule has 1 unspecified atom stereocenters. The van der Waals surface area contributed by atoms with Gasteiger partial charge in [0.2, 0.25) is 0 Å². The van der Waals surface area contributed by atoms with Gasteiger partial charge in [0.15, 0.2) is 0 Å². The fourth-order valence-electron chi connectivity index (χ4n) is 2.25. The highest BCUT2D eigenvalue weighted by Crippen LogP contribution is 2.25. The maximum atomic E-state index is 12.3. The molecule has 1 aliphatic rings. The molecule has 1 atom stereocenters. The number of rotatable bonds is 2. The summed E-state index contributed by atoms with van der Waals surface area (Å²) in [5.41, 5.74) is 0.154. The number of nitrogens with zero attached hydrogens (tertiary/aromatic N) is 1. The summed E-state index contributed by atoms with van der Waals surface area (Å²) < 4.78 is 22.9. The molecule has 0 N–H and O–H groups in total. The summed E-state index contributed by atoms with van der Waals surface area (Å²) in [7, 11) is 1.45. The van der Waals surface area contributed by atoms with Crippen molar-refractivity contribution in [2.24, 2.45) is 0 Å². The molecule has 0 radical (unpaired) electrons. The van der Waals surface area contributed by atoms with Crippen LogP contribution in [-0.4, -0.2) is 31.8 Å². The van der Waals surface area contributed by atoms with Gasteiger partial charge in [-0.2, -0.15) is 0 Å². The standard InChI is InChI=1S/C12H14ClNO3S/c1-9-5-4-8-14(9)12(15)10-6-2-3-7-11(10)18(13,16)17/h2-3,6-7,9H,4-5,8H2,1H3. The van der Waals surface area contributed by atoms with Gasteiger partial charge in [0.1, 0.15) is 0 Å². The van der Waals surface area contributed by atoms with Crippen molar-refractivity contribution in [3.63, 3.8) is 0 Å². The molecule has 0 aliphatic carbocycles. The molecule has 6 heteroatoms. The van der Waals surface area contributed by atoms with Crippen molar-refractivity contribution in [3.8, 4) is 0 Å². The van der Waals surface area contributed by atoms with Crippen molar-refractivity contribution in [2.75, 3.05) is 6.54 Å². The van der Waals surface area contributed by atoms with Crippen LogP contribution in [0, 0.1) is 0 Å². The average molecular weight is 288 g/mol. The molecular formula is C12H14ClNO3S. The van der Waals surface area contributed by atoms with Crippen LogP contribution in [0.5, 0.6) is 0 Å². The molecule has 0 aromatic heterocycles. The third-order valence-electron chi connectivity index (χ3n) is 3.19. The van der Waals surface area contributed by atoms with Gasteiger partial charge in [-0.25, -0.2) is 8.42 Å². The molecule has 1 aliphatic heterocycles. The maximum absolute atomic E-state index is 12.3. The molecule has 0 bridgehead atoms. The Bertz CT molecular complexity index is 570. The molecule has 1 heterocycles. The highest BCUT2D eigenvalue weighted by molar-refractivity contribution is 8.13. The molecule has 1 aromatic rings. The Balaban J connectivity index is 2.43. The fourth-order valence-corrected chi connectivity index (χ4v) is 3.31. The van der Waals surface area contributed by atoms with Gasteiger partial charge in [0.25, 0.3) is 15.0 Å². The topological polar surface area (TPSA) is 54.5 Å². The van der Waals surface area contributed by atoms with Gasteiger partial charge >= 0.3 is 0 Å². The summed E-state index contributed by atoms with van der Waals surface area (Å²) in [5, 5.41) is 0. The highest BCUT2D eigenvalue weighted by Gasteiger charge is 2.29. The Labute approximate surface area is 111 Å². The number of hydrogen-bond donors (Lipinski definition) is 0. The molecule has 1 amide bonds. The van der Waals surface area contributed by atoms with Crippen molar-refractivity contribution < 1.29 is 13.2 Å². The van der Waals surface area contributed by atoms with Gasteiger partial charge in [-0.05, 0) is 31.9 Å². The second-order valence-electron chi connectivity index (χ2n) is 4.42. The second kappa shape index (κ2) is 4.90. The van der Waals surface area contributed by atoms with E-state index in [0.29, 0.717) is 6.54 Å². The molecule has 18 heavy (non-hydrogen) atoms. The first kappa shape index (κ1) is 13.4. The van der Waals surface area contributed by atoms with Gasteiger partial charge < -0.3 is 4.90 Å². The zero-order valence-corrected chi connectivity index (χ0v) is 11.5. The summed E-state index contributed by atoms with van der Waals surface area (Å²) in [6.07, 6.45) is 1.89. The summed E-state index contributed by atoms with van der Waals surface area (Å²) in [5.74, 6) is -0.264. The van der Waals surface area contributed by atoms with Crippen LogP contribution in [0.25, 0.3) is 0 Å². The van der Waals surface area contributed by atoms with E-state index in [1.807, 2.05) is 6.92 Å². The number of benzene rings is 1. The Morgan fingerprint density at radius 2 is 2.06 bits per heavy atom. The quantitative estimate of drug-likeness (QED) is 0.784. The second-order valence-corrected chi connectivity index (χ2v) is 6.96. The third-order valence-corrected chi connectivity index (χ3v) is 4.57. The van der Waals surface area contributed by atoms with E-state index in [0.717, 1.165) is 12.8 Å². The van der Waals surface area contributed by atoms with Crippen molar-refractivity contribution in [2.45, 2.75) is 30.7 Å². The normalized spacial score (nSPS) is 20.1. The molecule has 2 rings (SSSR count). The number of carbonyl (C=O) groups is 1. The minimum absolute atomic E-state index is 0.115. The van der Waals surface area contributed by atoms with E-state index < -0.39 is 9.05 Å². The van der Waals surface area contributed by atoms with Crippen molar-refractivity contribution in [1.29, 1.82) is 0 Å². The zero-order chi connectivity index (χ0) is 13.3. The molecule has 4 nitrogen and oxygen atoms in total. The lowest BCUT2D eigenvalue weighted by Gasteiger charge is -2.22. The molecule has 1 fully saturated rings. The molecule has 0 saturated carbocycles. The van der Waals surface area contributed by atoms with Crippen LogP contribution in [0.4, 0.5) is 0 Å². The van der Waals surface area contributed by atoms with Crippen molar-refractivity contribution in [3.05, 3.63) is 29.8 Å². The first-order chi connectivity index (χ1) is 8.41. The van der Waals surface area contributed by atoms with E-state index >= 15 is 0 Å². The predicted molar refractivity (Wildman–Crippen MR) is 69.2 cm³/mol. The summed E-state index contributed by atoms with van der Waals surface area (Å²) in [6.45, 7) is 2.62. The first-order valence-electron chi connectivity index (χ1n) is 5.76. The molecule has 98 valence electrons. The van der Waals surface area contributed by atoms with E-state index in [2.05, 4.69) is 0 Å². The number of amides is 1. The fraction of sp³-hybridized carbons (Fsp3) is 0.417. The van der Waals surface area contributed by atoms with E-state index in [9.17, 15) is 13.2 Å². The van der Waals surface area contributed by atoms with E-state index in [4.69, 9.17) is 10.7 Å². The average Bonchev–Trinajstić information content (AvgIpc) is 2.73. The van der Waals surface area contributed by atoms with Crippen LogP contribution in [0.3, 0.4) is 0 Å². The highest BCUT2D eigenvalue weighted by atomic mass is 35.7. The molecule has 1 aromatic carbocycles. The molecule has 1 saturated heterocycles. The lowest BCUT2D eigenvalue weighted by molar-refractivity contribution is 0.0743. The van der Waals surface area contributed by atoms with Gasteiger partial charge in [-0.3, -0.25) is 4.79 Å². The Hall–Kier alpha value is -1.07. The number of likely N-dealkylation sites (tertiary alicyclic amines) is 1. The zero-order valence-electron chi connectivity index (χ0n) is 9.97.